The number of hydrogen-bond donors (Lipinski definition) is 1. The van der Waals surface area contributed by atoms with Gasteiger partial charge < -0.3 is 5.11 Å². The lowest BCUT2D eigenvalue weighted by Gasteiger charge is -2.13. The summed E-state index contributed by atoms with van der Waals surface area (Å²) in [5.41, 5.74) is 2.82. The quantitative estimate of drug-likeness (QED) is 0.679. The maximum absolute atomic E-state index is 11.0. The van der Waals surface area contributed by atoms with Gasteiger partial charge in [0, 0.05) is 0 Å². The third-order valence-corrected chi connectivity index (χ3v) is 3.86. The minimum absolute atomic E-state index is 0.0161. The molecule has 0 aliphatic heterocycles. The van der Waals surface area contributed by atoms with E-state index in [2.05, 4.69) is 18.9 Å². The van der Waals surface area contributed by atoms with Crippen LogP contribution in [0.4, 0.5) is 5.69 Å². The third kappa shape index (κ3) is 3.17. The van der Waals surface area contributed by atoms with Gasteiger partial charge in [-0.15, -0.1) is 0 Å². The molecule has 0 unspecified atom stereocenters. The van der Waals surface area contributed by atoms with Crippen LogP contribution in [0.15, 0.2) is 24.3 Å². The molecular weight excluding hydrogens is 282 g/mol. The molecule has 6 heteroatoms. The molecule has 0 saturated carbocycles. The number of rotatable bonds is 5. The van der Waals surface area contributed by atoms with Crippen molar-refractivity contribution in [1.82, 2.24) is 9.78 Å². The van der Waals surface area contributed by atoms with E-state index in [1.807, 2.05) is 24.3 Å². The van der Waals surface area contributed by atoms with Crippen molar-refractivity contribution in [2.24, 2.45) is 0 Å². The van der Waals surface area contributed by atoms with Crippen LogP contribution in [0.2, 0.25) is 0 Å². The van der Waals surface area contributed by atoms with Gasteiger partial charge in [0.15, 0.2) is 0 Å². The highest BCUT2D eigenvalue weighted by molar-refractivity contribution is 5.39. The summed E-state index contributed by atoms with van der Waals surface area (Å²) in [6.45, 7) is 7.67. The van der Waals surface area contributed by atoms with E-state index in [9.17, 15) is 15.2 Å². The van der Waals surface area contributed by atoms with Gasteiger partial charge >= 0.3 is 5.69 Å². The van der Waals surface area contributed by atoms with Gasteiger partial charge in [-0.2, -0.15) is 5.10 Å². The zero-order valence-electron chi connectivity index (χ0n) is 13.3. The number of hydrogen-bond acceptors (Lipinski definition) is 4. The first-order chi connectivity index (χ1) is 10.3. The molecular formula is C16H21N3O3. The molecule has 1 N–H and O–H groups in total. The van der Waals surface area contributed by atoms with Crippen LogP contribution in [-0.2, 0) is 6.54 Å². The Hall–Kier alpha value is -2.21. The van der Waals surface area contributed by atoms with Crippen LogP contribution in [0.1, 0.15) is 48.4 Å². The molecule has 2 rings (SSSR count). The highest BCUT2D eigenvalue weighted by Crippen LogP contribution is 2.25. The topological polar surface area (TPSA) is 81.2 Å². The minimum Gasteiger partial charge on any atom is -0.386 e. The highest BCUT2D eigenvalue weighted by atomic mass is 16.6. The Morgan fingerprint density at radius 3 is 2.23 bits per heavy atom. The van der Waals surface area contributed by atoms with E-state index in [4.69, 9.17) is 0 Å². The molecule has 6 nitrogen and oxygen atoms in total. The summed E-state index contributed by atoms with van der Waals surface area (Å²) < 4.78 is 1.49. The van der Waals surface area contributed by atoms with Gasteiger partial charge in [-0.05, 0) is 30.9 Å². The molecule has 0 saturated heterocycles. The monoisotopic (exact) mass is 303 g/mol. The first-order valence-corrected chi connectivity index (χ1v) is 7.27. The van der Waals surface area contributed by atoms with Crippen molar-refractivity contribution in [1.29, 1.82) is 0 Å². The maximum Gasteiger partial charge on any atom is 0.312 e. The van der Waals surface area contributed by atoms with Gasteiger partial charge in [-0.3, -0.25) is 14.8 Å². The van der Waals surface area contributed by atoms with Crippen molar-refractivity contribution in [2.75, 3.05) is 0 Å². The van der Waals surface area contributed by atoms with Gasteiger partial charge in [0.25, 0.3) is 0 Å². The summed E-state index contributed by atoms with van der Waals surface area (Å²) in [7, 11) is 0. The van der Waals surface area contributed by atoms with Crippen LogP contribution < -0.4 is 0 Å². The van der Waals surface area contributed by atoms with E-state index in [0.29, 0.717) is 17.3 Å². The Balaban J connectivity index is 2.20. The molecule has 0 amide bonds. The molecule has 1 aromatic heterocycles. The van der Waals surface area contributed by atoms with E-state index in [1.165, 1.54) is 10.2 Å². The van der Waals surface area contributed by atoms with Gasteiger partial charge in [0.1, 0.15) is 11.4 Å². The van der Waals surface area contributed by atoms with E-state index in [1.54, 1.807) is 13.8 Å². The van der Waals surface area contributed by atoms with Crippen LogP contribution in [-0.4, -0.2) is 19.8 Å². The summed E-state index contributed by atoms with van der Waals surface area (Å²) in [5, 5.41) is 25.5. The Morgan fingerprint density at radius 1 is 1.23 bits per heavy atom. The average Bonchev–Trinajstić information content (AvgIpc) is 2.73. The first kappa shape index (κ1) is 16.2. The largest absolute Gasteiger partial charge is 0.386 e. The Bertz CT molecular complexity index is 675. The first-order valence-electron chi connectivity index (χ1n) is 7.27. The van der Waals surface area contributed by atoms with Crippen molar-refractivity contribution in [3.63, 3.8) is 0 Å². The smallest absolute Gasteiger partial charge is 0.312 e. The summed E-state index contributed by atoms with van der Waals surface area (Å²) >= 11 is 0. The third-order valence-electron chi connectivity index (χ3n) is 3.86. The normalized spacial score (nSPS) is 12.6. The molecule has 1 aromatic carbocycles. The van der Waals surface area contributed by atoms with E-state index in [-0.39, 0.29) is 12.2 Å². The second-order valence-electron chi connectivity index (χ2n) is 5.80. The lowest BCUT2D eigenvalue weighted by molar-refractivity contribution is -0.386. The molecule has 0 radical (unpaired) electrons. The van der Waals surface area contributed by atoms with Gasteiger partial charge in [-0.1, -0.05) is 38.1 Å². The number of aromatic nitrogens is 2. The molecule has 0 bridgehead atoms. The second-order valence-corrected chi connectivity index (χ2v) is 5.80. The summed E-state index contributed by atoms with van der Waals surface area (Å²) in [4.78, 5) is 10.6. The van der Waals surface area contributed by atoms with Crippen LogP contribution in [0.25, 0.3) is 0 Å². The molecule has 2 aromatic rings. The molecule has 0 aliphatic rings. The number of aliphatic hydroxyl groups excluding tert-OH is 1. The van der Waals surface area contributed by atoms with Crippen molar-refractivity contribution in [3.8, 4) is 0 Å². The molecule has 22 heavy (non-hydrogen) atoms. The predicted octanol–water partition coefficient (Wildman–Crippen LogP) is 3.27. The Morgan fingerprint density at radius 2 is 1.77 bits per heavy atom. The van der Waals surface area contributed by atoms with Crippen LogP contribution >= 0.6 is 0 Å². The van der Waals surface area contributed by atoms with E-state index < -0.39 is 11.0 Å². The van der Waals surface area contributed by atoms with Crippen molar-refractivity contribution in [2.45, 2.75) is 46.3 Å². The van der Waals surface area contributed by atoms with Crippen LogP contribution in [0.5, 0.6) is 0 Å². The molecule has 0 spiro atoms. The fraction of sp³-hybridized carbons (Fsp3) is 0.438. The average molecular weight is 303 g/mol. The number of aliphatic hydroxyl groups is 1. The molecule has 0 aliphatic carbocycles. The zero-order valence-corrected chi connectivity index (χ0v) is 13.3. The lowest BCUT2D eigenvalue weighted by atomic mass is 10.00. The zero-order chi connectivity index (χ0) is 16.4. The molecule has 118 valence electrons. The molecule has 1 atom stereocenters. The summed E-state index contributed by atoms with van der Waals surface area (Å²) in [5.74, 6) is 0.435. The maximum atomic E-state index is 11.0. The standard InChI is InChI=1S/C16H21N3O3/c1-10(2)13-5-7-14(8-6-13)15(20)9-18-12(4)16(19(21)22)11(3)17-18/h5-8,10,15,20H,9H2,1-4H3/t15-/m0/s1. The van der Waals surface area contributed by atoms with Crippen molar-refractivity contribution in [3.05, 3.63) is 56.9 Å². The van der Waals surface area contributed by atoms with Gasteiger partial charge in [0.2, 0.25) is 0 Å². The second kappa shape index (κ2) is 6.27. The van der Waals surface area contributed by atoms with Crippen LogP contribution in [0, 0.1) is 24.0 Å². The summed E-state index contributed by atoms with van der Waals surface area (Å²) in [6, 6.07) is 7.76. The minimum atomic E-state index is -0.751. The summed E-state index contributed by atoms with van der Waals surface area (Å²) in [6.07, 6.45) is -0.751. The number of nitrogens with zero attached hydrogens (tertiary/aromatic N) is 3. The fourth-order valence-electron chi connectivity index (χ4n) is 2.50. The predicted molar refractivity (Wildman–Crippen MR) is 83.8 cm³/mol. The van der Waals surface area contributed by atoms with Crippen molar-refractivity contribution < 1.29 is 10.0 Å². The van der Waals surface area contributed by atoms with Gasteiger partial charge in [0.05, 0.1) is 17.6 Å². The molecule has 0 fully saturated rings. The Labute approximate surface area is 129 Å². The number of benzene rings is 1. The highest BCUT2D eigenvalue weighted by Gasteiger charge is 2.23. The lowest BCUT2D eigenvalue weighted by Crippen LogP contribution is -2.11. The number of aryl methyl sites for hydroxylation is 1. The fourth-order valence-corrected chi connectivity index (χ4v) is 2.50. The van der Waals surface area contributed by atoms with Crippen LogP contribution in [0.3, 0.4) is 0 Å². The Kier molecular flexibility index (Phi) is 4.61. The van der Waals surface area contributed by atoms with E-state index in [0.717, 1.165) is 5.56 Å². The SMILES string of the molecule is Cc1nn(C[C@H](O)c2ccc(C(C)C)cc2)c(C)c1[N+](=O)[O-]. The van der Waals surface area contributed by atoms with E-state index >= 15 is 0 Å². The van der Waals surface area contributed by atoms with Crippen molar-refractivity contribution >= 4 is 5.69 Å². The molecule has 1 heterocycles. The van der Waals surface area contributed by atoms with Gasteiger partial charge in [-0.25, -0.2) is 0 Å². The number of nitro groups is 1.